The monoisotopic (exact) mass is 246 g/mol. The lowest BCUT2D eigenvalue weighted by molar-refractivity contribution is 0.151. The smallest absolute Gasteiger partial charge is 0.404 e. The van der Waals surface area contributed by atoms with E-state index in [1.165, 1.54) is 6.07 Å². The number of nitrogens with one attached hydrogen (secondary N) is 1. The van der Waals surface area contributed by atoms with Gasteiger partial charge < -0.3 is 15.5 Å². The number of ether oxygens (including phenoxy) is 1. The molecule has 0 aliphatic rings. The van der Waals surface area contributed by atoms with E-state index in [9.17, 15) is 9.59 Å². The minimum atomic E-state index is -0.796. The Balaban J connectivity index is 2.42. The molecule has 1 aromatic heterocycles. The van der Waals surface area contributed by atoms with Gasteiger partial charge in [-0.2, -0.15) is 0 Å². The summed E-state index contributed by atoms with van der Waals surface area (Å²) in [6, 6.07) is 6.96. The first-order valence-corrected chi connectivity index (χ1v) is 5.62. The molecule has 1 unspecified atom stereocenters. The van der Waals surface area contributed by atoms with E-state index in [0.717, 1.165) is 11.1 Å². The maximum absolute atomic E-state index is 11.7. The fourth-order valence-electron chi connectivity index (χ4n) is 1.93. The number of aromatic amines is 1. The summed E-state index contributed by atoms with van der Waals surface area (Å²) in [5.74, 6) is -0.0424. The predicted octanol–water partition coefficient (Wildman–Crippen LogP) is 1.73. The Morgan fingerprint density at radius 1 is 1.44 bits per heavy atom. The summed E-state index contributed by atoms with van der Waals surface area (Å²) in [7, 11) is 0. The third kappa shape index (κ3) is 2.34. The summed E-state index contributed by atoms with van der Waals surface area (Å²) in [4.78, 5) is 25.3. The van der Waals surface area contributed by atoms with Crippen molar-refractivity contribution < 1.29 is 9.53 Å². The first kappa shape index (κ1) is 12.2. The summed E-state index contributed by atoms with van der Waals surface area (Å²) in [5.41, 5.74) is 6.59. The standard InChI is InChI=1S/C13H14N2O3/c1-8(7-18-13(14)17)9-3-2-4-10-11(16)5-6-15-12(9)10/h2-6,8H,7H2,1H3,(H2,14,17)(H,15,16). The first-order chi connectivity index (χ1) is 8.59. The highest BCUT2D eigenvalue weighted by Gasteiger charge is 2.12. The normalized spacial score (nSPS) is 12.3. The number of fused-ring (bicyclic) bond motifs is 1. The van der Waals surface area contributed by atoms with E-state index < -0.39 is 6.09 Å². The molecule has 0 aliphatic carbocycles. The quantitative estimate of drug-likeness (QED) is 0.864. The van der Waals surface area contributed by atoms with Gasteiger partial charge in [0.05, 0.1) is 12.1 Å². The Kier molecular flexibility index (Phi) is 3.32. The minimum Gasteiger partial charge on any atom is -0.449 e. The number of hydrogen-bond donors (Lipinski definition) is 2. The zero-order valence-corrected chi connectivity index (χ0v) is 9.97. The van der Waals surface area contributed by atoms with Gasteiger partial charge in [-0.3, -0.25) is 4.79 Å². The van der Waals surface area contributed by atoms with Crippen LogP contribution < -0.4 is 11.2 Å². The molecule has 0 saturated carbocycles. The molecule has 18 heavy (non-hydrogen) atoms. The van der Waals surface area contributed by atoms with Crippen molar-refractivity contribution in [3.63, 3.8) is 0 Å². The number of hydrogen-bond acceptors (Lipinski definition) is 3. The number of amides is 1. The number of carbonyl (C=O) groups is 1. The van der Waals surface area contributed by atoms with Crippen LogP contribution in [0.25, 0.3) is 10.9 Å². The summed E-state index contributed by atoms with van der Waals surface area (Å²) in [6.45, 7) is 2.09. The zero-order chi connectivity index (χ0) is 13.1. The number of benzene rings is 1. The molecule has 2 aromatic rings. The van der Waals surface area contributed by atoms with Crippen molar-refractivity contribution in [2.45, 2.75) is 12.8 Å². The highest BCUT2D eigenvalue weighted by atomic mass is 16.5. The maximum atomic E-state index is 11.7. The number of aromatic nitrogens is 1. The van der Waals surface area contributed by atoms with E-state index in [0.29, 0.717) is 5.39 Å². The molecule has 1 amide bonds. The lowest BCUT2D eigenvalue weighted by atomic mass is 9.98. The van der Waals surface area contributed by atoms with Gasteiger partial charge in [0.2, 0.25) is 0 Å². The van der Waals surface area contributed by atoms with Crippen molar-refractivity contribution in [1.29, 1.82) is 0 Å². The number of nitrogens with two attached hydrogens (primary N) is 1. The molecule has 0 spiro atoms. The van der Waals surface area contributed by atoms with E-state index in [2.05, 4.69) is 4.98 Å². The van der Waals surface area contributed by atoms with Crippen molar-refractivity contribution >= 4 is 17.0 Å². The summed E-state index contributed by atoms with van der Waals surface area (Å²) >= 11 is 0. The van der Waals surface area contributed by atoms with Crippen LogP contribution in [0.2, 0.25) is 0 Å². The molecule has 2 rings (SSSR count). The molecule has 0 radical (unpaired) electrons. The number of para-hydroxylation sites is 1. The molecule has 5 nitrogen and oxygen atoms in total. The fourth-order valence-corrected chi connectivity index (χ4v) is 1.93. The average Bonchev–Trinajstić information content (AvgIpc) is 2.36. The highest BCUT2D eigenvalue weighted by molar-refractivity contribution is 5.81. The Morgan fingerprint density at radius 3 is 2.94 bits per heavy atom. The Hall–Kier alpha value is -2.30. The van der Waals surface area contributed by atoms with Crippen molar-refractivity contribution in [2.75, 3.05) is 6.61 Å². The maximum Gasteiger partial charge on any atom is 0.404 e. The van der Waals surface area contributed by atoms with Gasteiger partial charge in [-0.1, -0.05) is 19.1 Å². The van der Waals surface area contributed by atoms with E-state index in [1.54, 1.807) is 12.3 Å². The summed E-state index contributed by atoms with van der Waals surface area (Å²) in [6.07, 6.45) is 0.811. The van der Waals surface area contributed by atoms with Crippen LogP contribution in [0.1, 0.15) is 18.4 Å². The second-order valence-electron chi connectivity index (χ2n) is 4.14. The van der Waals surface area contributed by atoms with Gasteiger partial charge in [-0.05, 0) is 11.6 Å². The molecule has 5 heteroatoms. The van der Waals surface area contributed by atoms with Crippen LogP contribution in [0.3, 0.4) is 0 Å². The molecule has 94 valence electrons. The summed E-state index contributed by atoms with van der Waals surface area (Å²) < 4.78 is 4.78. The lowest BCUT2D eigenvalue weighted by Gasteiger charge is -2.13. The number of H-pyrrole nitrogens is 1. The first-order valence-electron chi connectivity index (χ1n) is 5.62. The molecule has 1 heterocycles. The predicted molar refractivity (Wildman–Crippen MR) is 68.5 cm³/mol. The van der Waals surface area contributed by atoms with Crippen LogP contribution in [0.15, 0.2) is 35.3 Å². The van der Waals surface area contributed by atoms with Gasteiger partial charge in [0.1, 0.15) is 0 Å². The number of carbonyl (C=O) groups excluding carboxylic acids is 1. The van der Waals surface area contributed by atoms with Crippen molar-refractivity contribution in [1.82, 2.24) is 4.98 Å². The average molecular weight is 246 g/mol. The molecular weight excluding hydrogens is 232 g/mol. The van der Waals surface area contributed by atoms with Gasteiger partial charge in [-0.15, -0.1) is 0 Å². The van der Waals surface area contributed by atoms with Gasteiger partial charge in [0.25, 0.3) is 0 Å². The van der Waals surface area contributed by atoms with Crippen LogP contribution in [0.5, 0.6) is 0 Å². The number of primary amides is 1. The summed E-state index contributed by atoms with van der Waals surface area (Å²) in [5, 5.41) is 0.626. The van der Waals surface area contributed by atoms with E-state index in [-0.39, 0.29) is 18.0 Å². The zero-order valence-electron chi connectivity index (χ0n) is 9.97. The third-order valence-electron chi connectivity index (χ3n) is 2.83. The Morgan fingerprint density at radius 2 is 2.22 bits per heavy atom. The van der Waals surface area contributed by atoms with Crippen LogP contribution in [-0.4, -0.2) is 17.7 Å². The fraction of sp³-hybridized carbons (Fsp3) is 0.231. The minimum absolute atomic E-state index is 0.0337. The van der Waals surface area contributed by atoms with Crippen LogP contribution in [0, 0.1) is 0 Å². The highest BCUT2D eigenvalue weighted by Crippen LogP contribution is 2.22. The Labute approximate surface area is 104 Å². The molecule has 0 aliphatic heterocycles. The largest absolute Gasteiger partial charge is 0.449 e. The Bertz CT molecular complexity index is 633. The van der Waals surface area contributed by atoms with Gasteiger partial charge in [0.15, 0.2) is 5.43 Å². The SMILES string of the molecule is CC(COC(N)=O)c1cccc2c(=O)cc[nH]c12. The van der Waals surface area contributed by atoms with Crippen LogP contribution in [-0.2, 0) is 4.74 Å². The van der Waals surface area contributed by atoms with Crippen LogP contribution in [0.4, 0.5) is 4.79 Å². The topological polar surface area (TPSA) is 85.2 Å². The molecule has 0 saturated heterocycles. The number of pyridine rings is 1. The van der Waals surface area contributed by atoms with Crippen molar-refractivity contribution in [3.8, 4) is 0 Å². The second kappa shape index (κ2) is 4.91. The molecular formula is C13H14N2O3. The third-order valence-corrected chi connectivity index (χ3v) is 2.83. The van der Waals surface area contributed by atoms with Crippen LogP contribution >= 0.6 is 0 Å². The molecule has 3 N–H and O–H groups in total. The van der Waals surface area contributed by atoms with Gasteiger partial charge in [0, 0.05) is 23.6 Å². The van der Waals surface area contributed by atoms with E-state index in [1.807, 2.05) is 19.1 Å². The molecule has 0 bridgehead atoms. The molecule has 1 atom stereocenters. The molecule has 1 aromatic carbocycles. The van der Waals surface area contributed by atoms with E-state index in [4.69, 9.17) is 10.5 Å². The van der Waals surface area contributed by atoms with E-state index >= 15 is 0 Å². The van der Waals surface area contributed by atoms with Crippen molar-refractivity contribution in [2.24, 2.45) is 5.73 Å². The van der Waals surface area contributed by atoms with Crippen molar-refractivity contribution in [3.05, 3.63) is 46.2 Å². The second-order valence-corrected chi connectivity index (χ2v) is 4.14. The lowest BCUT2D eigenvalue weighted by Crippen LogP contribution is -2.17. The molecule has 0 fully saturated rings. The van der Waals surface area contributed by atoms with Gasteiger partial charge >= 0.3 is 6.09 Å². The number of rotatable bonds is 3. The van der Waals surface area contributed by atoms with Gasteiger partial charge in [-0.25, -0.2) is 4.79 Å².